The van der Waals surface area contributed by atoms with Crippen molar-refractivity contribution >= 4 is 44.0 Å². The van der Waals surface area contributed by atoms with E-state index in [9.17, 15) is 13.5 Å². The molecule has 0 bridgehead atoms. The monoisotopic (exact) mass is 514 g/mol. The number of halogens is 1. The molecule has 0 saturated carbocycles. The Kier molecular flexibility index (Phi) is 7.02. The van der Waals surface area contributed by atoms with Crippen molar-refractivity contribution in [2.24, 2.45) is 5.41 Å². The molecule has 35 heavy (non-hydrogen) atoms. The molecular weight excluding hydrogens is 488 g/mol. The van der Waals surface area contributed by atoms with E-state index in [2.05, 4.69) is 15.3 Å². The third-order valence-electron chi connectivity index (χ3n) is 5.10. The van der Waals surface area contributed by atoms with Gasteiger partial charge in [-0.15, -0.1) is 0 Å². The molecule has 2 heterocycles. The molecule has 0 unspecified atom stereocenters. The second-order valence-electron chi connectivity index (χ2n) is 9.36. The molecule has 184 valence electrons. The average molecular weight is 515 g/mol. The van der Waals surface area contributed by atoms with E-state index in [1.165, 1.54) is 12.4 Å². The molecule has 0 amide bonds. The SMILES string of the molecule is CC(C)(C)CS(=O)(=O)c1cccc(Oc2ccc(Nc3ncnc4ccn(CCO)c34)cc2Cl)c1. The summed E-state index contributed by atoms with van der Waals surface area (Å²) in [4.78, 5) is 8.81. The number of nitrogens with zero attached hydrogens (tertiary/aromatic N) is 3. The molecule has 8 nitrogen and oxygen atoms in total. The number of aliphatic hydroxyl groups excluding tert-OH is 1. The lowest BCUT2D eigenvalue weighted by atomic mass is 10.0. The maximum Gasteiger partial charge on any atom is 0.179 e. The molecule has 0 saturated heterocycles. The normalized spacial score (nSPS) is 12.1. The molecule has 10 heteroatoms. The van der Waals surface area contributed by atoms with E-state index < -0.39 is 9.84 Å². The number of anilines is 2. The van der Waals surface area contributed by atoms with E-state index in [1.54, 1.807) is 36.4 Å². The summed E-state index contributed by atoms with van der Waals surface area (Å²) in [5.41, 5.74) is 1.84. The van der Waals surface area contributed by atoms with E-state index in [0.717, 1.165) is 11.0 Å². The van der Waals surface area contributed by atoms with E-state index in [0.29, 0.717) is 34.6 Å². The number of benzene rings is 2. The summed E-state index contributed by atoms with van der Waals surface area (Å²) < 4.78 is 33.3. The first-order valence-corrected chi connectivity index (χ1v) is 13.1. The zero-order chi connectivity index (χ0) is 25.2. The number of sulfone groups is 1. The van der Waals surface area contributed by atoms with E-state index in [-0.39, 0.29) is 22.7 Å². The van der Waals surface area contributed by atoms with Crippen LogP contribution < -0.4 is 10.1 Å². The highest BCUT2D eigenvalue weighted by Crippen LogP contribution is 2.34. The third kappa shape index (κ3) is 5.93. The average Bonchev–Trinajstić information content (AvgIpc) is 3.19. The van der Waals surface area contributed by atoms with Crippen molar-refractivity contribution in [2.45, 2.75) is 32.2 Å². The lowest BCUT2D eigenvalue weighted by Crippen LogP contribution is -2.20. The largest absolute Gasteiger partial charge is 0.456 e. The molecule has 0 aliphatic rings. The number of fused-ring (bicyclic) bond motifs is 1. The molecule has 2 N–H and O–H groups in total. The lowest BCUT2D eigenvalue weighted by molar-refractivity contribution is 0.278. The van der Waals surface area contributed by atoms with Crippen LogP contribution in [0.3, 0.4) is 0 Å². The number of ether oxygens (including phenoxy) is 1. The molecule has 0 atom stereocenters. The first kappa shape index (κ1) is 25.0. The molecule has 0 fully saturated rings. The van der Waals surface area contributed by atoms with Crippen LogP contribution >= 0.6 is 11.6 Å². The van der Waals surface area contributed by atoms with E-state index >= 15 is 0 Å². The van der Waals surface area contributed by atoms with Crippen LogP contribution in [0.15, 0.2) is 66.0 Å². The smallest absolute Gasteiger partial charge is 0.179 e. The molecule has 2 aromatic carbocycles. The van der Waals surface area contributed by atoms with Gasteiger partial charge in [-0.1, -0.05) is 38.4 Å². The first-order valence-electron chi connectivity index (χ1n) is 11.0. The van der Waals surface area contributed by atoms with Crippen molar-refractivity contribution in [1.82, 2.24) is 14.5 Å². The fraction of sp³-hybridized carbons (Fsp3) is 0.280. The topological polar surface area (TPSA) is 106 Å². The van der Waals surface area contributed by atoms with Crippen LogP contribution in [0, 0.1) is 5.41 Å². The van der Waals surface area contributed by atoms with Gasteiger partial charge in [-0.3, -0.25) is 0 Å². The van der Waals surface area contributed by atoms with Gasteiger partial charge in [0.2, 0.25) is 0 Å². The molecular formula is C25H27ClN4O4S. The Morgan fingerprint density at radius 3 is 2.63 bits per heavy atom. The van der Waals surface area contributed by atoms with Crippen molar-refractivity contribution < 1.29 is 18.3 Å². The van der Waals surface area contributed by atoms with Gasteiger partial charge < -0.3 is 19.7 Å². The van der Waals surface area contributed by atoms with Gasteiger partial charge >= 0.3 is 0 Å². The van der Waals surface area contributed by atoms with Crippen LogP contribution in [0.4, 0.5) is 11.5 Å². The molecule has 0 aliphatic heterocycles. The molecule has 0 aliphatic carbocycles. The van der Waals surface area contributed by atoms with E-state index in [1.807, 2.05) is 37.6 Å². The summed E-state index contributed by atoms with van der Waals surface area (Å²) in [6, 6.07) is 13.5. The lowest BCUT2D eigenvalue weighted by Gasteiger charge is -2.18. The van der Waals surface area contributed by atoms with Gasteiger partial charge in [0.15, 0.2) is 15.7 Å². The Bertz CT molecular complexity index is 1460. The molecule has 4 aromatic rings. The Hall–Kier alpha value is -3.14. The minimum atomic E-state index is -3.46. The van der Waals surface area contributed by atoms with Gasteiger partial charge in [0, 0.05) is 18.4 Å². The van der Waals surface area contributed by atoms with Gasteiger partial charge in [-0.05, 0) is 47.9 Å². The second-order valence-corrected chi connectivity index (χ2v) is 11.8. The quantitative estimate of drug-likeness (QED) is 0.322. The highest BCUT2D eigenvalue weighted by molar-refractivity contribution is 7.91. The molecule has 2 aromatic heterocycles. The summed E-state index contributed by atoms with van der Waals surface area (Å²) in [5, 5.41) is 12.9. The Morgan fingerprint density at radius 1 is 1.11 bits per heavy atom. The van der Waals surface area contributed by atoms with Crippen LogP contribution in [-0.4, -0.2) is 40.4 Å². The number of rotatable bonds is 8. The van der Waals surface area contributed by atoms with Crippen molar-refractivity contribution in [3.8, 4) is 11.5 Å². The van der Waals surface area contributed by atoms with Gasteiger partial charge in [0.05, 0.1) is 27.8 Å². The predicted molar refractivity (Wildman–Crippen MR) is 137 cm³/mol. The summed E-state index contributed by atoms with van der Waals surface area (Å²) in [7, 11) is -3.46. The van der Waals surface area contributed by atoms with Crippen molar-refractivity contribution in [1.29, 1.82) is 0 Å². The third-order valence-corrected chi connectivity index (χ3v) is 7.61. The summed E-state index contributed by atoms with van der Waals surface area (Å²) >= 11 is 6.49. The zero-order valence-corrected chi connectivity index (χ0v) is 21.3. The Labute approximate surface area is 209 Å². The molecule has 0 spiro atoms. The van der Waals surface area contributed by atoms with Crippen LogP contribution in [0.25, 0.3) is 11.0 Å². The Morgan fingerprint density at radius 2 is 1.91 bits per heavy atom. The highest BCUT2D eigenvalue weighted by Gasteiger charge is 2.24. The van der Waals surface area contributed by atoms with Crippen molar-refractivity contribution in [2.75, 3.05) is 17.7 Å². The summed E-state index contributed by atoms with van der Waals surface area (Å²) in [5.74, 6) is 1.37. The van der Waals surface area contributed by atoms with Crippen LogP contribution in [0.2, 0.25) is 5.02 Å². The summed E-state index contributed by atoms with van der Waals surface area (Å²) in [6.07, 6.45) is 3.31. The number of aromatic nitrogens is 3. The maximum absolute atomic E-state index is 12.8. The highest BCUT2D eigenvalue weighted by atomic mass is 35.5. The molecule has 0 radical (unpaired) electrons. The minimum Gasteiger partial charge on any atom is -0.456 e. The number of hydrogen-bond donors (Lipinski definition) is 2. The van der Waals surface area contributed by atoms with Gasteiger partial charge in [-0.25, -0.2) is 18.4 Å². The zero-order valence-electron chi connectivity index (χ0n) is 19.7. The second kappa shape index (κ2) is 9.85. The van der Waals surface area contributed by atoms with Crippen molar-refractivity contribution in [3.05, 3.63) is 66.1 Å². The predicted octanol–water partition coefficient (Wildman–Crippen LogP) is 5.43. The van der Waals surface area contributed by atoms with Crippen LogP contribution in [0.5, 0.6) is 11.5 Å². The standard InChI is InChI=1S/C25H27ClN4O4S/c1-25(2,3)15-35(32,33)19-6-4-5-18(14-19)34-22-8-7-17(13-20(22)26)29-24-23-21(27-16-28-24)9-10-30(23)11-12-31/h4-10,13-14,16,31H,11-12,15H2,1-3H3,(H,27,28,29). The fourth-order valence-corrected chi connectivity index (χ4v) is 5.84. The van der Waals surface area contributed by atoms with Gasteiger partial charge in [-0.2, -0.15) is 0 Å². The minimum absolute atomic E-state index is 0.00527. The fourth-order valence-electron chi connectivity index (χ4n) is 3.73. The number of nitrogens with one attached hydrogen (secondary N) is 1. The van der Waals surface area contributed by atoms with Gasteiger partial charge in [0.25, 0.3) is 0 Å². The van der Waals surface area contributed by atoms with Gasteiger partial charge in [0.1, 0.15) is 23.3 Å². The molecule has 4 rings (SSSR count). The first-order chi connectivity index (χ1) is 16.6. The van der Waals surface area contributed by atoms with Crippen LogP contribution in [0.1, 0.15) is 20.8 Å². The van der Waals surface area contributed by atoms with Crippen molar-refractivity contribution in [3.63, 3.8) is 0 Å². The Balaban J connectivity index is 1.56. The number of aliphatic hydroxyl groups is 1. The summed E-state index contributed by atoms with van der Waals surface area (Å²) in [6.45, 7) is 6.07. The van der Waals surface area contributed by atoms with Crippen LogP contribution in [-0.2, 0) is 16.4 Å². The van der Waals surface area contributed by atoms with E-state index in [4.69, 9.17) is 16.3 Å². The number of hydrogen-bond acceptors (Lipinski definition) is 7. The maximum atomic E-state index is 12.8.